The van der Waals surface area contributed by atoms with Crippen LogP contribution in [0, 0.1) is 13.8 Å². The van der Waals surface area contributed by atoms with Crippen molar-refractivity contribution < 1.29 is 17.9 Å². The smallest absolute Gasteiger partial charge is 0.255 e. The summed E-state index contributed by atoms with van der Waals surface area (Å²) in [6.07, 6.45) is 0. The van der Waals surface area contributed by atoms with Gasteiger partial charge in [0.2, 0.25) is 10.0 Å². The van der Waals surface area contributed by atoms with Crippen LogP contribution < -0.4 is 14.8 Å². The molecular formula is C24H25ClN2O4S. The molecule has 0 aliphatic rings. The number of benzene rings is 3. The van der Waals surface area contributed by atoms with Gasteiger partial charge in [-0.15, -0.1) is 0 Å². The van der Waals surface area contributed by atoms with E-state index in [9.17, 15) is 13.2 Å². The van der Waals surface area contributed by atoms with Gasteiger partial charge in [0.1, 0.15) is 5.75 Å². The van der Waals surface area contributed by atoms with E-state index in [4.69, 9.17) is 16.3 Å². The second kappa shape index (κ2) is 10.2. The number of hydrogen-bond donors (Lipinski definition) is 2. The minimum Gasteiger partial charge on any atom is -0.495 e. The van der Waals surface area contributed by atoms with Gasteiger partial charge in [-0.25, -0.2) is 13.1 Å². The summed E-state index contributed by atoms with van der Waals surface area (Å²) in [5.74, 6) is 0.0199. The van der Waals surface area contributed by atoms with E-state index in [0.717, 1.165) is 16.7 Å². The lowest BCUT2D eigenvalue weighted by Gasteiger charge is -2.12. The number of carbonyl (C=O) groups excluding carboxylic acids is 1. The quantitative estimate of drug-likeness (QED) is 0.491. The van der Waals surface area contributed by atoms with Crippen LogP contribution in [0.2, 0.25) is 5.02 Å². The molecule has 3 rings (SSSR count). The van der Waals surface area contributed by atoms with Crippen molar-refractivity contribution in [2.24, 2.45) is 0 Å². The average molecular weight is 473 g/mol. The van der Waals surface area contributed by atoms with Crippen molar-refractivity contribution in [1.82, 2.24) is 4.72 Å². The van der Waals surface area contributed by atoms with E-state index in [1.54, 1.807) is 42.5 Å². The first-order valence-corrected chi connectivity index (χ1v) is 12.0. The minimum absolute atomic E-state index is 0.0782. The molecule has 0 saturated carbocycles. The second-order valence-electron chi connectivity index (χ2n) is 7.50. The molecular weight excluding hydrogens is 448 g/mol. The number of aryl methyl sites for hydroxylation is 2. The summed E-state index contributed by atoms with van der Waals surface area (Å²) in [6.45, 7) is 4.01. The van der Waals surface area contributed by atoms with Crippen molar-refractivity contribution in [2.45, 2.75) is 26.1 Å². The third kappa shape index (κ3) is 6.32. The van der Waals surface area contributed by atoms with Gasteiger partial charge in [-0.05, 0) is 66.4 Å². The first kappa shape index (κ1) is 23.8. The number of nitrogens with one attached hydrogen (secondary N) is 2. The van der Waals surface area contributed by atoms with E-state index >= 15 is 0 Å². The number of halogens is 1. The summed E-state index contributed by atoms with van der Waals surface area (Å²) < 4.78 is 32.9. The van der Waals surface area contributed by atoms with Crippen LogP contribution >= 0.6 is 11.6 Å². The summed E-state index contributed by atoms with van der Waals surface area (Å²) >= 11 is 6.01. The first-order valence-electron chi connectivity index (χ1n) is 9.94. The molecule has 2 N–H and O–H groups in total. The highest BCUT2D eigenvalue weighted by molar-refractivity contribution is 7.88. The van der Waals surface area contributed by atoms with Crippen molar-refractivity contribution in [3.8, 4) is 5.75 Å². The first-order chi connectivity index (χ1) is 15.2. The van der Waals surface area contributed by atoms with Crippen LogP contribution in [-0.4, -0.2) is 21.4 Å². The molecule has 0 fully saturated rings. The van der Waals surface area contributed by atoms with Gasteiger partial charge in [-0.3, -0.25) is 4.79 Å². The molecule has 3 aromatic rings. The normalized spacial score (nSPS) is 11.2. The Morgan fingerprint density at radius 3 is 2.47 bits per heavy atom. The van der Waals surface area contributed by atoms with Crippen LogP contribution in [0.5, 0.6) is 5.75 Å². The predicted octanol–water partition coefficient (Wildman–Crippen LogP) is 4.84. The maximum Gasteiger partial charge on any atom is 0.255 e. The van der Waals surface area contributed by atoms with Crippen LogP contribution in [0.4, 0.5) is 5.69 Å². The Balaban J connectivity index is 1.67. The minimum atomic E-state index is -3.54. The number of sulfonamides is 1. The van der Waals surface area contributed by atoms with Gasteiger partial charge >= 0.3 is 0 Å². The van der Waals surface area contributed by atoms with Crippen molar-refractivity contribution in [3.63, 3.8) is 0 Å². The number of amides is 1. The molecule has 0 aliphatic heterocycles. The highest BCUT2D eigenvalue weighted by atomic mass is 35.5. The largest absolute Gasteiger partial charge is 0.495 e. The van der Waals surface area contributed by atoms with E-state index in [0.29, 0.717) is 27.6 Å². The summed E-state index contributed by atoms with van der Waals surface area (Å²) in [7, 11) is -2.04. The fraction of sp³-hybridized carbons (Fsp3) is 0.208. The van der Waals surface area contributed by atoms with E-state index in [-0.39, 0.29) is 18.2 Å². The summed E-state index contributed by atoms with van der Waals surface area (Å²) in [5, 5.41) is 3.24. The fourth-order valence-corrected chi connectivity index (χ4v) is 4.43. The highest BCUT2D eigenvalue weighted by Crippen LogP contribution is 2.28. The molecule has 1 amide bonds. The van der Waals surface area contributed by atoms with Crippen LogP contribution in [0.1, 0.15) is 32.6 Å². The Kier molecular flexibility index (Phi) is 7.56. The molecule has 32 heavy (non-hydrogen) atoms. The summed E-state index contributed by atoms with van der Waals surface area (Å²) in [5.41, 5.74) is 4.39. The number of anilines is 1. The zero-order valence-electron chi connectivity index (χ0n) is 18.1. The molecule has 168 valence electrons. The molecule has 0 atom stereocenters. The van der Waals surface area contributed by atoms with E-state index in [1.165, 1.54) is 7.11 Å². The molecule has 0 saturated heterocycles. The molecule has 0 aliphatic carbocycles. The lowest BCUT2D eigenvalue weighted by molar-refractivity contribution is 0.102. The standard InChI is InChI=1S/C24H25ClN2O4S/c1-16-7-8-19(11-17(16)2)15-32(29,30)26-14-18-5-4-6-20(12-18)24(28)27-22-13-21(25)9-10-23(22)31-3/h4-13,26H,14-15H2,1-3H3,(H,27,28). The summed E-state index contributed by atoms with van der Waals surface area (Å²) in [4.78, 5) is 12.7. The lowest BCUT2D eigenvalue weighted by atomic mass is 10.1. The molecule has 8 heteroatoms. The molecule has 0 radical (unpaired) electrons. The Hall–Kier alpha value is -2.87. The number of rotatable bonds is 8. The van der Waals surface area contributed by atoms with Gasteiger partial charge in [0.05, 0.1) is 18.6 Å². The highest BCUT2D eigenvalue weighted by Gasteiger charge is 2.14. The van der Waals surface area contributed by atoms with Gasteiger partial charge in [-0.1, -0.05) is 41.9 Å². The van der Waals surface area contributed by atoms with Gasteiger partial charge in [-0.2, -0.15) is 0 Å². The topological polar surface area (TPSA) is 84.5 Å². The molecule has 0 bridgehead atoms. The second-order valence-corrected chi connectivity index (χ2v) is 9.74. The monoisotopic (exact) mass is 472 g/mol. The average Bonchev–Trinajstić information content (AvgIpc) is 2.75. The molecule has 0 unspecified atom stereocenters. The maximum absolute atomic E-state index is 12.7. The van der Waals surface area contributed by atoms with Crippen molar-refractivity contribution in [2.75, 3.05) is 12.4 Å². The Morgan fingerprint density at radius 1 is 0.969 bits per heavy atom. The third-order valence-corrected chi connectivity index (χ3v) is 6.56. The van der Waals surface area contributed by atoms with Crippen molar-refractivity contribution in [3.05, 3.63) is 93.5 Å². The van der Waals surface area contributed by atoms with Gasteiger partial charge in [0.15, 0.2) is 0 Å². The number of carbonyl (C=O) groups is 1. The number of hydrogen-bond acceptors (Lipinski definition) is 4. The van der Waals surface area contributed by atoms with E-state index in [1.807, 2.05) is 32.0 Å². The van der Waals surface area contributed by atoms with E-state index in [2.05, 4.69) is 10.0 Å². The van der Waals surface area contributed by atoms with Crippen LogP contribution in [0.25, 0.3) is 0 Å². The number of ether oxygens (including phenoxy) is 1. The number of methoxy groups -OCH3 is 1. The van der Waals surface area contributed by atoms with Crippen molar-refractivity contribution >= 4 is 33.2 Å². The molecule has 0 spiro atoms. The van der Waals surface area contributed by atoms with Crippen LogP contribution in [0.15, 0.2) is 60.7 Å². The lowest BCUT2D eigenvalue weighted by Crippen LogP contribution is -2.25. The van der Waals surface area contributed by atoms with Crippen LogP contribution in [-0.2, 0) is 22.3 Å². The SMILES string of the molecule is COc1ccc(Cl)cc1NC(=O)c1cccc(CNS(=O)(=O)Cc2ccc(C)c(C)c2)c1. The Labute approximate surface area is 193 Å². The molecule has 3 aromatic carbocycles. The molecule has 0 heterocycles. The van der Waals surface area contributed by atoms with Gasteiger partial charge in [0.25, 0.3) is 5.91 Å². The third-order valence-electron chi connectivity index (χ3n) is 5.02. The van der Waals surface area contributed by atoms with Crippen LogP contribution in [0.3, 0.4) is 0 Å². The zero-order valence-corrected chi connectivity index (χ0v) is 19.7. The fourth-order valence-electron chi connectivity index (χ4n) is 3.15. The molecule has 0 aromatic heterocycles. The van der Waals surface area contributed by atoms with Gasteiger partial charge < -0.3 is 10.1 Å². The van der Waals surface area contributed by atoms with Gasteiger partial charge in [0, 0.05) is 17.1 Å². The summed E-state index contributed by atoms with van der Waals surface area (Å²) in [6, 6.07) is 17.3. The predicted molar refractivity (Wildman–Crippen MR) is 128 cm³/mol. The zero-order chi connectivity index (χ0) is 23.3. The van der Waals surface area contributed by atoms with Crippen molar-refractivity contribution in [1.29, 1.82) is 0 Å². The maximum atomic E-state index is 12.7. The Bertz CT molecular complexity index is 1240. The molecule has 6 nitrogen and oxygen atoms in total. The van der Waals surface area contributed by atoms with E-state index < -0.39 is 10.0 Å². The Morgan fingerprint density at radius 2 is 1.75 bits per heavy atom.